The lowest BCUT2D eigenvalue weighted by molar-refractivity contribution is -0.129. The highest BCUT2D eigenvalue weighted by Gasteiger charge is 2.24. The van der Waals surface area contributed by atoms with Gasteiger partial charge in [-0.2, -0.15) is 0 Å². The molecule has 0 atom stereocenters. The Morgan fingerprint density at radius 2 is 1.88 bits per heavy atom. The number of carbonyl (C=O) groups excluding carboxylic acids is 1. The van der Waals surface area contributed by atoms with E-state index < -0.39 is 0 Å². The van der Waals surface area contributed by atoms with E-state index in [4.69, 9.17) is 10.7 Å². The number of anilines is 1. The molecule has 0 bridgehead atoms. The lowest BCUT2D eigenvalue weighted by Gasteiger charge is -2.32. The number of fused-ring (bicyclic) bond motifs is 3. The molecule has 32 heavy (non-hydrogen) atoms. The summed E-state index contributed by atoms with van der Waals surface area (Å²) in [6.07, 6.45) is 7.90. The van der Waals surface area contributed by atoms with Crippen molar-refractivity contribution in [3.8, 4) is 0 Å². The monoisotopic (exact) mass is 488 g/mol. The number of carbonyl (C=O) groups is 1. The maximum Gasteiger partial charge on any atom is 0.233 e. The van der Waals surface area contributed by atoms with E-state index in [0.29, 0.717) is 22.6 Å². The summed E-state index contributed by atoms with van der Waals surface area (Å²) in [5.74, 6) is 1.78. The second-order valence-corrected chi connectivity index (χ2v) is 10.6. The van der Waals surface area contributed by atoms with Gasteiger partial charge in [0, 0.05) is 18.0 Å². The van der Waals surface area contributed by atoms with Crippen LogP contribution in [0.2, 0.25) is 0 Å². The number of hydrogen-bond donors (Lipinski definition) is 1. The highest BCUT2D eigenvalue weighted by atomic mass is 35.5. The van der Waals surface area contributed by atoms with Crippen molar-refractivity contribution in [3.05, 3.63) is 46.3 Å². The predicted molar refractivity (Wildman–Crippen MR) is 136 cm³/mol. The number of nitrogen functional groups attached to an aromatic ring is 1. The first-order valence-corrected chi connectivity index (χ1v) is 13.0. The van der Waals surface area contributed by atoms with E-state index in [1.54, 1.807) is 11.3 Å². The Hall–Kier alpha value is -1.83. The molecule has 0 radical (unpaired) electrons. The van der Waals surface area contributed by atoms with E-state index in [2.05, 4.69) is 35.3 Å². The Kier molecular flexibility index (Phi) is 7.59. The van der Waals surface area contributed by atoms with Gasteiger partial charge in [0.1, 0.15) is 10.6 Å². The molecule has 1 amide bonds. The number of nitrogens with two attached hydrogens (primary N) is 1. The largest absolute Gasteiger partial charge is 0.383 e. The van der Waals surface area contributed by atoms with E-state index in [1.807, 2.05) is 4.90 Å². The normalized spacial score (nSPS) is 16.6. The fraction of sp³-hybridized carbons (Fsp3) is 0.458. The van der Waals surface area contributed by atoms with Crippen LogP contribution < -0.4 is 5.73 Å². The van der Waals surface area contributed by atoms with Gasteiger partial charge >= 0.3 is 0 Å². The summed E-state index contributed by atoms with van der Waals surface area (Å²) >= 11 is 3.17. The minimum Gasteiger partial charge on any atom is -0.383 e. The number of benzene rings is 1. The molecule has 1 saturated heterocycles. The van der Waals surface area contributed by atoms with E-state index in [1.165, 1.54) is 40.6 Å². The zero-order valence-electron chi connectivity index (χ0n) is 18.1. The number of piperidine rings is 1. The summed E-state index contributed by atoms with van der Waals surface area (Å²) in [5, 5.41) is 1.67. The van der Waals surface area contributed by atoms with Crippen LogP contribution in [0, 0.1) is 5.92 Å². The number of halogens is 1. The third-order valence-electron chi connectivity index (χ3n) is 6.48. The fourth-order valence-electron chi connectivity index (χ4n) is 4.78. The van der Waals surface area contributed by atoms with Gasteiger partial charge in [0.15, 0.2) is 5.16 Å². The summed E-state index contributed by atoms with van der Waals surface area (Å²) in [7, 11) is 0. The summed E-state index contributed by atoms with van der Waals surface area (Å²) in [6.45, 7) is 1.69. The molecule has 0 saturated carbocycles. The number of rotatable bonds is 5. The molecule has 1 aliphatic carbocycles. The van der Waals surface area contributed by atoms with Gasteiger partial charge in [-0.15, -0.1) is 23.7 Å². The molecular formula is C24H29ClN4OS2. The summed E-state index contributed by atoms with van der Waals surface area (Å²) in [5.41, 5.74) is 9.05. The fourth-order valence-corrected chi connectivity index (χ4v) is 6.86. The van der Waals surface area contributed by atoms with Crippen molar-refractivity contribution >= 4 is 57.4 Å². The van der Waals surface area contributed by atoms with Crippen LogP contribution in [0.4, 0.5) is 5.82 Å². The average molecular weight is 489 g/mol. The maximum absolute atomic E-state index is 12.8. The third-order valence-corrected chi connectivity index (χ3v) is 8.50. The first kappa shape index (κ1) is 23.3. The molecule has 1 fully saturated rings. The quantitative estimate of drug-likeness (QED) is 0.397. The Balaban J connectivity index is 0.00000245. The minimum atomic E-state index is 0. The van der Waals surface area contributed by atoms with Crippen LogP contribution in [0.1, 0.15) is 41.7 Å². The standard InChI is InChI=1S/C24H28N4OS2.ClH/c25-22-21-18-8-4-5-9-19(18)31-23(21)27-24(26-22)30-15-20(29)28-12-10-17(11-13-28)14-16-6-2-1-3-7-16;/h1-3,6-7,17H,4-5,8-15H2,(H2,25,26,27);1H. The number of thioether (sulfide) groups is 1. The molecule has 5 nitrogen and oxygen atoms in total. The van der Waals surface area contributed by atoms with Crippen molar-refractivity contribution in [2.45, 2.75) is 50.1 Å². The van der Waals surface area contributed by atoms with E-state index in [-0.39, 0.29) is 18.3 Å². The first-order valence-electron chi connectivity index (χ1n) is 11.2. The minimum absolute atomic E-state index is 0. The molecule has 1 aromatic carbocycles. The Bertz CT molecular complexity index is 1080. The van der Waals surface area contributed by atoms with Gasteiger partial charge in [-0.05, 0) is 62.0 Å². The lowest BCUT2D eigenvalue weighted by atomic mass is 9.90. The summed E-state index contributed by atoms with van der Waals surface area (Å²) < 4.78 is 0. The van der Waals surface area contributed by atoms with Crippen molar-refractivity contribution in [2.24, 2.45) is 5.92 Å². The van der Waals surface area contributed by atoms with Crippen LogP contribution in [-0.2, 0) is 24.1 Å². The Morgan fingerprint density at radius 3 is 2.66 bits per heavy atom. The van der Waals surface area contributed by atoms with Crippen molar-refractivity contribution in [3.63, 3.8) is 0 Å². The Labute approximate surface area is 203 Å². The molecular weight excluding hydrogens is 460 g/mol. The molecule has 5 rings (SSSR count). The molecule has 0 unspecified atom stereocenters. The molecule has 3 heterocycles. The number of likely N-dealkylation sites (tertiary alicyclic amines) is 1. The van der Waals surface area contributed by atoms with Crippen LogP contribution >= 0.6 is 35.5 Å². The second-order valence-electron chi connectivity index (χ2n) is 8.59. The zero-order valence-corrected chi connectivity index (χ0v) is 20.5. The zero-order chi connectivity index (χ0) is 21.2. The predicted octanol–water partition coefficient (Wildman–Crippen LogP) is 5.15. The van der Waals surface area contributed by atoms with Crippen LogP contribution in [-0.4, -0.2) is 39.6 Å². The molecule has 0 spiro atoms. The maximum atomic E-state index is 12.8. The highest BCUT2D eigenvalue weighted by Crippen LogP contribution is 2.38. The lowest BCUT2D eigenvalue weighted by Crippen LogP contribution is -2.39. The first-order chi connectivity index (χ1) is 15.2. The summed E-state index contributed by atoms with van der Waals surface area (Å²) in [6, 6.07) is 10.6. The smallest absolute Gasteiger partial charge is 0.233 e. The third kappa shape index (κ3) is 5.05. The SMILES string of the molecule is Cl.Nc1nc(SCC(=O)N2CCC(Cc3ccccc3)CC2)nc2sc3c(c12)CCCC3. The van der Waals surface area contributed by atoms with E-state index in [0.717, 1.165) is 55.4 Å². The molecule has 2 N–H and O–H groups in total. The average Bonchev–Trinajstić information content (AvgIpc) is 3.17. The van der Waals surface area contributed by atoms with Gasteiger partial charge in [0.05, 0.1) is 11.1 Å². The van der Waals surface area contributed by atoms with E-state index in [9.17, 15) is 4.79 Å². The molecule has 3 aromatic rings. The number of aromatic nitrogens is 2. The van der Waals surface area contributed by atoms with Gasteiger partial charge < -0.3 is 10.6 Å². The number of nitrogens with zero attached hydrogens (tertiary/aromatic N) is 3. The molecule has 1 aliphatic heterocycles. The Morgan fingerprint density at radius 1 is 1.12 bits per heavy atom. The number of amides is 1. The number of hydrogen-bond acceptors (Lipinski definition) is 6. The second kappa shape index (κ2) is 10.4. The molecule has 8 heteroatoms. The molecule has 170 valence electrons. The van der Waals surface area contributed by atoms with Crippen LogP contribution in [0.15, 0.2) is 35.5 Å². The van der Waals surface area contributed by atoms with Gasteiger partial charge in [0.2, 0.25) is 5.91 Å². The number of thiophene rings is 1. The van der Waals surface area contributed by atoms with Gasteiger partial charge in [-0.3, -0.25) is 4.79 Å². The van der Waals surface area contributed by atoms with E-state index >= 15 is 0 Å². The van der Waals surface area contributed by atoms with Gasteiger partial charge in [-0.25, -0.2) is 9.97 Å². The topological polar surface area (TPSA) is 72.1 Å². The molecule has 2 aromatic heterocycles. The van der Waals surface area contributed by atoms with Crippen molar-refractivity contribution < 1.29 is 4.79 Å². The van der Waals surface area contributed by atoms with Crippen LogP contribution in [0.5, 0.6) is 0 Å². The van der Waals surface area contributed by atoms with Crippen molar-refractivity contribution in [1.82, 2.24) is 14.9 Å². The highest BCUT2D eigenvalue weighted by molar-refractivity contribution is 7.99. The van der Waals surface area contributed by atoms with Crippen LogP contribution in [0.3, 0.4) is 0 Å². The van der Waals surface area contributed by atoms with Gasteiger partial charge in [0.25, 0.3) is 0 Å². The summed E-state index contributed by atoms with van der Waals surface area (Å²) in [4.78, 5) is 26.4. The van der Waals surface area contributed by atoms with Gasteiger partial charge in [-0.1, -0.05) is 42.1 Å². The molecule has 2 aliphatic rings. The van der Waals surface area contributed by atoms with Crippen molar-refractivity contribution in [2.75, 3.05) is 24.6 Å². The van der Waals surface area contributed by atoms with Crippen LogP contribution in [0.25, 0.3) is 10.2 Å². The van der Waals surface area contributed by atoms with Crippen molar-refractivity contribution in [1.29, 1.82) is 0 Å². The number of aryl methyl sites for hydroxylation is 2.